The first-order valence-corrected chi connectivity index (χ1v) is 8.68. The Morgan fingerprint density at radius 2 is 2.00 bits per heavy atom. The van der Waals surface area contributed by atoms with E-state index in [0.717, 1.165) is 30.9 Å². The molecule has 4 nitrogen and oxygen atoms in total. The Labute approximate surface area is 168 Å². The van der Waals surface area contributed by atoms with E-state index in [1.807, 2.05) is 6.92 Å². The highest BCUT2D eigenvalue weighted by molar-refractivity contribution is 14.0. The van der Waals surface area contributed by atoms with Crippen LogP contribution in [0.5, 0.6) is 0 Å². The summed E-state index contributed by atoms with van der Waals surface area (Å²) in [5, 5.41) is 15.8. The Hall–Kier alpha value is -0.890. The van der Waals surface area contributed by atoms with Crippen molar-refractivity contribution in [1.82, 2.24) is 10.6 Å². The molecule has 0 amide bonds. The quantitative estimate of drug-likeness (QED) is 0.321. The lowest BCUT2D eigenvalue weighted by molar-refractivity contribution is 0.275. The zero-order chi connectivity index (χ0) is 18.2. The van der Waals surface area contributed by atoms with E-state index in [1.165, 1.54) is 6.07 Å². The monoisotopic (exact) mass is 465 g/mol. The van der Waals surface area contributed by atoms with Crippen LogP contribution >= 0.6 is 24.0 Å². The third kappa shape index (κ3) is 9.99. The van der Waals surface area contributed by atoms with E-state index in [9.17, 15) is 4.39 Å². The van der Waals surface area contributed by atoms with Gasteiger partial charge in [-0.1, -0.05) is 26.8 Å². The highest BCUT2D eigenvalue weighted by atomic mass is 127. The summed E-state index contributed by atoms with van der Waals surface area (Å²) in [6, 6.07) is 5.06. The number of rotatable bonds is 7. The standard InChI is InChI=1S/C19H32FN3O.HI/c1-6-21-18(23-14(2)9-10-19(3,4)5)22-12-15-7-8-17(20)16(11-15)13-24;/h7-8,11,14,24H,6,9-10,12-13H2,1-5H3,(H2,21,22,23);1H. The highest BCUT2D eigenvalue weighted by Crippen LogP contribution is 2.21. The second kappa shape index (κ2) is 11.7. The lowest BCUT2D eigenvalue weighted by Crippen LogP contribution is -2.42. The van der Waals surface area contributed by atoms with Crippen LogP contribution in [-0.2, 0) is 13.2 Å². The van der Waals surface area contributed by atoms with Crippen molar-refractivity contribution in [3.8, 4) is 0 Å². The van der Waals surface area contributed by atoms with Crippen LogP contribution in [0.3, 0.4) is 0 Å². The number of aliphatic hydroxyl groups excluding tert-OH is 1. The smallest absolute Gasteiger partial charge is 0.191 e. The topological polar surface area (TPSA) is 56.7 Å². The Balaban J connectivity index is 0.00000576. The van der Waals surface area contributed by atoms with Crippen molar-refractivity contribution in [1.29, 1.82) is 0 Å². The molecular weight excluding hydrogens is 432 g/mol. The number of aliphatic hydroxyl groups is 1. The van der Waals surface area contributed by atoms with Crippen LogP contribution in [0.25, 0.3) is 0 Å². The summed E-state index contributed by atoms with van der Waals surface area (Å²) in [5.41, 5.74) is 1.50. The van der Waals surface area contributed by atoms with Gasteiger partial charge in [0.05, 0.1) is 13.2 Å². The molecule has 0 saturated carbocycles. The van der Waals surface area contributed by atoms with E-state index in [1.54, 1.807) is 12.1 Å². The molecular formula is C19H33FIN3O. The molecule has 1 unspecified atom stereocenters. The SMILES string of the molecule is CCNC(=NCc1ccc(F)c(CO)c1)NC(C)CCC(C)(C)C.I. The van der Waals surface area contributed by atoms with Crippen molar-refractivity contribution >= 4 is 29.9 Å². The molecule has 0 bridgehead atoms. The fraction of sp³-hybridized carbons (Fsp3) is 0.632. The van der Waals surface area contributed by atoms with E-state index in [2.05, 4.69) is 43.3 Å². The minimum absolute atomic E-state index is 0. The third-order valence-corrected chi connectivity index (χ3v) is 3.75. The maximum absolute atomic E-state index is 13.4. The number of nitrogens with one attached hydrogen (secondary N) is 2. The first-order chi connectivity index (χ1) is 11.2. The Morgan fingerprint density at radius 1 is 1.32 bits per heavy atom. The molecule has 0 aliphatic carbocycles. The summed E-state index contributed by atoms with van der Waals surface area (Å²) in [4.78, 5) is 4.56. The fourth-order valence-electron chi connectivity index (χ4n) is 2.29. The Kier molecular flexibility index (Phi) is 11.3. The first kappa shape index (κ1) is 24.1. The lowest BCUT2D eigenvalue weighted by Gasteiger charge is -2.23. The van der Waals surface area contributed by atoms with Gasteiger partial charge in [-0.15, -0.1) is 24.0 Å². The van der Waals surface area contributed by atoms with E-state index in [-0.39, 0.29) is 36.4 Å². The first-order valence-electron chi connectivity index (χ1n) is 8.68. The molecule has 0 saturated heterocycles. The van der Waals surface area contributed by atoms with Gasteiger partial charge in [-0.25, -0.2) is 9.38 Å². The van der Waals surface area contributed by atoms with Crippen LogP contribution in [-0.4, -0.2) is 23.7 Å². The number of aliphatic imine (C=N–C) groups is 1. The minimum atomic E-state index is -0.383. The van der Waals surface area contributed by atoms with Gasteiger partial charge in [0.1, 0.15) is 5.82 Å². The Bertz CT molecular complexity index is 544. The third-order valence-electron chi connectivity index (χ3n) is 3.75. The molecule has 1 aromatic carbocycles. The summed E-state index contributed by atoms with van der Waals surface area (Å²) in [6.07, 6.45) is 2.21. The van der Waals surface area contributed by atoms with Gasteiger partial charge in [0.25, 0.3) is 0 Å². The summed E-state index contributed by atoms with van der Waals surface area (Å²) in [7, 11) is 0. The summed E-state index contributed by atoms with van der Waals surface area (Å²) in [6.45, 7) is 11.8. The molecule has 0 aliphatic heterocycles. The predicted molar refractivity (Wildman–Crippen MR) is 114 cm³/mol. The molecule has 25 heavy (non-hydrogen) atoms. The van der Waals surface area contributed by atoms with Gasteiger partial charge in [-0.2, -0.15) is 0 Å². The normalized spacial score (nSPS) is 13.2. The van der Waals surface area contributed by atoms with E-state index in [0.29, 0.717) is 23.6 Å². The van der Waals surface area contributed by atoms with Crippen molar-refractivity contribution in [2.45, 2.75) is 66.7 Å². The maximum atomic E-state index is 13.4. The fourth-order valence-corrected chi connectivity index (χ4v) is 2.29. The van der Waals surface area contributed by atoms with Crippen LogP contribution in [0.4, 0.5) is 4.39 Å². The molecule has 0 radical (unpaired) electrons. The van der Waals surface area contributed by atoms with Gasteiger partial charge < -0.3 is 15.7 Å². The predicted octanol–water partition coefficient (Wildman–Crippen LogP) is 4.21. The molecule has 144 valence electrons. The largest absolute Gasteiger partial charge is 0.392 e. The van der Waals surface area contributed by atoms with Gasteiger partial charge in [0.2, 0.25) is 0 Å². The second-order valence-electron chi connectivity index (χ2n) is 7.42. The van der Waals surface area contributed by atoms with Gasteiger partial charge in [-0.05, 0) is 49.8 Å². The van der Waals surface area contributed by atoms with Gasteiger partial charge >= 0.3 is 0 Å². The Morgan fingerprint density at radius 3 is 2.56 bits per heavy atom. The van der Waals surface area contributed by atoms with Crippen molar-refractivity contribution in [3.05, 3.63) is 35.1 Å². The number of guanidine groups is 1. The number of hydrogen-bond donors (Lipinski definition) is 3. The lowest BCUT2D eigenvalue weighted by atomic mass is 9.89. The molecule has 0 spiro atoms. The molecule has 0 heterocycles. The van der Waals surface area contributed by atoms with Gasteiger partial charge in [-0.3, -0.25) is 0 Å². The number of benzene rings is 1. The molecule has 0 aliphatic rings. The summed E-state index contributed by atoms with van der Waals surface area (Å²) >= 11 is 0. The van der Waals surface area contributed by atoms with E-state index in [4.69, 9.17) is 5.11 Å². The van der Waals surface area contributed by atoms with Gasteiger partial charge in [0.15, 0.2) is 5.96 Å². The van der Waals surface area contributed by atoms with E-state index < -0.39 is 0 Å². The zero-order valence-corrected chi connectivity index (χ0v) is 18.4. The summed E-state index contributed by atoms with van der Waals surface area (Å²) < 4.78 is 13.4. The number of hydrogen-bond acceptors (Lipinski definition) is 2. The van der Waals surface area contributed by atoms with E-state index >= 15 is 0 Å². The van der Waals surface area contributed by atoms with Crippen LogP contribution in [0, 0.1) is 11.2 Å². The second-order valence-corrected chi connectivity index (χ2v) is 7.42. The molecule has 1 aromatic rings. The van der Waals surface area contributed by atoms with Gasteiger partial charge in [0, 0.05) is 18.2 Å². The molecule has 6 heteroatoms. The highest BCUT2D eigenvalue weighted by Gasteiger charge is 2.13. The van der Waals surface area contributed by atoms with Crippen molar-refractivity contribution < 1.29 is 9.50 Å². The van der Waals surface area contributed by atoms with Crippen LogP contribution in [0.1, 0.15) is 58.6 Å². The average molecular weight is 465 g/mol. The molecule has 1 atom stereocenters. The minimum Gasteiger partial charge on any atom is -0.392 e. The van der Waals surface area contributed by atoms with Crippen molar-refractivity contribution in [2.24, 2.45) is 10.4 Å². The molecule has 3 N–H and O–H groups in total. The molecule has 0 fully saturated rings. The average Bonchev–Trinajstić information content (AvgIpc) is 2.51. The summed E-state index contributed by atoms with van der Waals surface area (Å²) in [5.74, 6) is 0.375. The van der Waals surface area contributed by atoms with Crippen molar-refractivity contribution in [3.63, 3.8) is 0 Å². The maximum Gasteiger partial charge on any atom is 0.191 e. The molecule has 0 aromatic heterocycles. The number of halogens is 2. The van der Waals surface area contributed by atoms with Crippen LogP contribution in [0.2, 0.25) is 0 Å². The van der Waals surface area contributed by atoms with Crippen LogP contribution < -0.4 is 10.6 Å². The zero-order valence-electron chi connectivity index (χ0n) is 16.0. The van der Waals surface area contributed by atoms with Crippen LogP contribution in [0.15, 0.2) is 23.2 Å². The van der Waals surface area contributed by atoms with Crippen molar-refractivity contribution in [2.75, 3.05) is 6.54 Å². The molecule has 1 rings (SSSR count). The number of nitrogens with zero attached hydrogens (tertiary/aromatic N) is 1.